The van der Waals surface area contributed by atoms with Gasteiger partial charge in [0.2, 0.25) is 0 Å². The average Bonchev–Trinajstić information content (AvgIpc) is 2.46. The van der Waals surface area contributed by atoms with Gasteiger partial charge in [0.15, 0.2) is 0 Å². The van der Waals surface area contributed by atoms with Crippen LogP contribution in [0.4, 0.5) is 0 Å². The van der Waals surface area contributed by atoms with E-state index in [0.717, 1.165) is 18.8 Å². The average molecular weight is 320 g/mol. The largest absolute Gasteiger partial charge is 0.488 e. The molecule has 22 heavy (non-hydrogen) atoms. The Labute approximate surface area is 140 Å². The van der Waals surface area contributed by atoms with E-state index in [1.807, 2.05) is 0 Å². The Balaban J connectivity index is 0.00000242. The zero-order chi connectivity index (χ0) is 15.2. The minimum Gasteiger partial charge on any atom is -0.488 e. The predicted octanol–water partition coefficient (Wildman–Crippen LogP) is 4.72. The van der Waals surface area contributed by atoms with E-state index in [1.165, 1.54) is 27.8 Å². The van der Waals surface area contributed by atoms with Gasteiger partial charge in [0.1, 0.15) is 12.4 Å². The van der Waals surface area contributed by atoms with Gasteiger partial charge in [-0.2, -0.15) is 0 Å². The van der Waals surface area contributed by atoms with Gasteiger partial charge in [-0.3, -0.25) is 0 Å². The zero-order valence-electron chi connectivity index (χ0n) is 13.9. The lowest BCUT2D eigenvalue weighted by Gasteiger charge is -2.14. The molecule has 0 aliphatic carbocycles. The Hall–Kier alpha value is -1.51. The summed E-state index contributed by atoms with van der Waals surface area (Å²) in [5.41, 5.74) is 6.20. The summed E-state index contributed by atoms with van der Waals surface area (Å²) in [4.78, 5) is 0. The second kappa shape index (κ2) is 8.82. The highest BCUT2D eigenvalue weighted by atomic mass is 35.5. The Morgan fingerprint density at radius 1 is 0.909 bits per heavy atom. The Bertz CT molecular complexity index is 570. The van der Waals surface area contributed by atoms with Crippen LogP contribution in [-0.2, 0) is 13.2 Å². The molecule has 0 aromatic heterocycles. The maximum Gasteiger partial charge on any atom is 0.125 e. The topological polar surface area (TPSA) is 21.3 Å². The van der Waals surface area contributed by atoms with Gasteiger partial charge in [0, 0.05) is 6.54 Å². The lowest BCUT2D eigenvalue weighted by atomic mass is 10.1. The first-order chi connectivity index (χ1) is 10.1. The van der Waals surface area contributed by atoms with Crippen molar-refractivity contribution in [3.05, 3.63) is 64.2 Å². The van der Waals surface area contributed by atoms with Crippen LogP contribution >= 0.6 is 12.4 Å². The van der Waals surface area contributed by atoms with E-state index in [2.05, 4.69) is 69.4 Å². The molecule has 0 amide bonds. The van der Waals surface area contributed by atoms with Crippen LogP contribution < -0.4 is 10.1 Å². The highest BCUT2D eigenvalue weighted by molar-refractivity contribution is 5.85. The van der Waals surface area contributed by atoms with Gasteiger partial charge >= 0.3 is 0 Å². The fraction of sp³-hybridized carbons (Fsp3) is 0.368. The lowest BCUT2D eigenvalue weighted by Crippen LogP contribution is -2.12. The fourth-order valence-corrected chi connectivity index (χ4v) is 2.48. The molecule has 3 heteroatoms. The Morgan fingerprint density at radius 3 is 2.05 bits per heavy atom. The van der Waals surface area contributed by atoms with E-state index in [-0.39, 0.29) is 12.4 Å². The molecule has 0 saturated carbocycles. The van der Waals surface area contributed by atoms with Gasteiger partial charge in [-0.25, -0.2) is 0 Å². The monoisotopic (exact) mass is 319 g/mol. The Morgan fingerprint density at radius 2 is 1.50 bits per heavy atom. The van der Waals surface area contributed by atoms with Crippen LogP contribution in [0.5, 0.6) is 5.75 Å². The molecule has 2 rings (SSSR count). The number of aryl methyl sites for hydroxylation is 3. The van der Waals surface area contributed by atoms with Crippen LogP contribution in [0.15, 0.2) is 36.4 Å². The highest BCUT2D eigenvalue weighted by Gasteiger charge is 2.07. The number of nitrogens with one attached hydrogen (secondary N) is 1. The molecule has 0 bridgehead atoms. The summed E-state index contributed by atoms with van der Waals surface area (Å²) in [6, 6.07) is 12.9. The maximum absolute atomic E-state index is 6.03. The lowest BCUT2D eigenvalue weighted by molar-refractivity contribution is 0.302. The van der Waals surface area contributed by atoms with Gasteiger partial charge in [0.05, 0.1) is 0 Å². The van der Waals surface area contributed by atoms with E-state index >= 15 is 0 Å². The number of hydrogen-bond donors (Lipinski definition) is 1. The predicted molar refractivity (Wildman–Crippen MR) is 96.1 cm³/mol. The molecule has 2 nitrogen and oxygen atoms in total. The van der Waals surface area contributed by atoms with Gasteiger partial charge < -0.3 is 10.1 Å². The summed E-state index contributed by atoms with van der Waals surface area (Å²) in [6.45, 7) is 11.0. The number of rotatable bonds is 6. The summed E-state index contributed by atoms with van der Waals surface area (Å²) >= 11 is 0. The van der Waals surface area contributed by atoms with Crippen molar-refractivity contribution in [2.75, 3.05) is 6.54 Å². The van der Waals surface area contributed by atoms with Gasteiger partial charge in [-0.15, -0.1) is 12.4 Å². The minimum absolute atomic E-state index is 0. The van der Waals surface area contributed by atoms with E-state index in [1.54, 1.807) is 0 Å². The van der Waals surface area contributed by atoms with Crippen molar-refractivity contribution < 1.29 is 4.74 Å². The first kappa shape index (κ1) is 18.5. The molecule has 0 atom stereocenters. The van der Waals surface area contributed by atoms with Crippen molar-refractivity contribution in [3.63, 3.8) is 0 Å². The van der Waals surface area contributed by atoms with Crippen LogP contribution in [0.1, 0.15) is 34.7 Å². The third-order valence-corrected chi connectivity index (χ3v) is 3.60. The van der Waals surface area contributed by atoms with Crippen LogP contribution in [0.25, 0.3) is 0 Å². The van der Waals surface area contributed by atoms with E-state index in [0.29, 0.717) is 6.61 Å². The van der Waals surface area contributed by atoms with Crippen molar-refractivity contribution in [2.24, 2.45) is 0 Å². The molecular weight excluding hydrogens is 294 g/mol. The summed E-state index contributed by atoms with van der Waals surface area (Å²) < 4.78 is 6.03. The van der Waals surface area contributed by atoms with E-state index < -0.39 is 0 Å². The zero-order valence-corrected chi connectivity index (χ0v) is 14.7. The molecule has 0 fully saturated rings. The summed E-state index contributed by atoms with van der Waals surface area (Å²) in [5.74, 6) is 1.01. The molecule has 1 N–H and O–H groups in total. The Kier molecular flexibility index (Phi) is 7.43. The first-order valence-corrected chi connectivity index (χ1v) is 7.59. The molecule has 2 aromatic carbocycles. The number of halogens is 1. The van der Waals surface area contributed by atoms with Crippen molar-refractivity contribution in [3.8, 4) is 5.75 Å². The molecule has 0 spiro atoms. The standard InChI is InChI=1S/C19H25NO.ClH/c1-5-20-12-18-10-15(3)19(16(4)11-18)21-13-17-8-6-14(2)7-9-17;/h6-11,20H,5,12-13H2,1-4H3;1H. The molecule has 120 valence electrons. The SMILES string of the molecule is CCNCc1cc(C)c(OCc2ccc(C)cc2)c(C)c1.Cl. The number of ether oxygens (including phenoxy) is 1. The van der Waals surface area contributed by atoms with E-state index in [9.17, 15) is 0 Å². The minimum atomic E-state index is 0. The normalized spacial score (nSPS) is 10.2. The van der Waals surface area contributed by atoms with Gasteiger partial charge in [-0.05, 0) is 49.6 Å². The van der Waals surface area contributed by atoms with E-state index in [4.69, 9.17) is 4.74 Å². The van der Waals surface area contributed by atoms with Crippen molar-refractivity contribution >= 4 is 12.4 Å². The molecule has 0 heterocycles. The fourth-order valence-electron chi connectivity index (χ4n) is 2.48. The number of hydrogen-bond acceptors (Lipinski definition) is 2. The summed E-state index contributed by atoms with van der Waals surface area (Å²) in [7, 11) is 0. The van der Waals surface area contributed by atoms with Crippen LogP contribution in [-0.4, -0.2) is 6.54 Å². The van der Waals surface area contributed by atoms with Crippen LogP contribution in [0.2, 0.25) is 0 Å². The third kappa shape index (κ3) is 5.04. The molecule has 0 aliphatic heterocycles. The van der Waals surface area contributed by atoms with Gasteiger partial charge in [0.25, 0.3) is 0 Å². The molecular formula is C19H26ClNO. The maximum atomic E-state index is 6.03. The van der Waals surface area contributed by atoms with Crippen molar-refractivity contribution in [2.45, 2.75) is 40.8 Å². The third-order valence-electron chi connectivity index (χ3n) is 3.60. The van der Waals surface area contributed by atoms with Gasteiger partial charge in [-0.1, -0.05) is 48.9 Å². The molecule has 0 radical (unpaired) electrons. The summed E-state index contributed by atoms with van der Waals surface area (Å²) in [5, 5.41) is 3.36. The van der Waals surface area contributed by atoms with Crippen LogP contribution in [0.3, 0.4) is 0 Å². The molecule has 2 aromatic rings. The number of benzene rings is 2. The highest BCUT2D eigenvalue weighted by Crippen LogP contribution is 2.25. The first-order valence-electron chi connectivity index (χ1n) is 7.59. The smallest absolute Gasteiger partial charge is 0.125 e. The second-order valence-corrected chi connectivity index (χ2v) is 5.61. The second-order valence-electron chi connectivity index (χ2n) is 5.61. The molecule has 0 saturated heterocycles. The summed E-state index contributed by atoms with van der Waals surface area (Å²) in [6.07, 6.45) is 0. The van der Waals surface area contributed by atoms with Crippen molar-refractivity contribution in [1.29, 1.82) is 0 Å². The van der Waals surface area contributed by atoms with Crippen molar-refractivity contribution in [1.82, 2.24) is 5.32 Å². The molecule has 0 unspecified atom stereocenters. The van der Waals surface area contributed by atoms with Crippen LogP contribution in [0, 0.1) is 20.8 Å². The quantitative estimate of drug-likeness (QED) is 0.831. The molecule has 0 aliphatic rings.